The molecule has 4 aromatic rings. The van der Waals surface area contributed by atoms with E-state index in [-0.39, 0.29) is 5.91 Å². The Morgan fingerprint density at radius 3 is 2.86 bits per heavy atom. The summed E-state index contributed by atoms with van der Waals surface area (Å²) in [4.78, 5) is 34.1. The second-order valence-corrected chi connectivity index (χ2v) is 9.02. The third-order valence-electron chi connectivity index (χ3n) is 6.30. The summed E-state index contributed by atoms with van der Waals surface area (Å²) in [6, 6.07) is 7.96. The number of amides is 1. The summed E-state index contributed by atoms with van der Waals surface area (Å²) >= 11 is 0. The monoisotopic (exact) mass is 499 g/mol. The zero-order valence-electron chi connectivity index (χ0n) is 21.0. The predicted molar refractivity (Wildman–Crippen MR) is 144 cm³/mol. The minimum Gasteiger partial charge on any atom is -0.494 e. The van der Waals surface area contributed by atoms with Crippen molar-refractivity contribution in [3.05, 3.63) is 61.8 Å². The Morgan fingerprint density at radius 2 is 2.14 bits per heavy atom. The van der Waals surface area contributed by atoms with Gasteiger partial charge in [0.1, 0.15) is 12.1 Å². The molecule has 0 saturated carbocycles. The van der Waals surface area contributed by atoms with Gasteiger partial charge in [0.25, 0.3) is 0 Å². The zero-order valence-corrected chi connectivity index (χ0v) is 21.0. The first-order valence-corrected chi connectivity index (χ1v) is 11.9. The van der Waals surface area contributed by atoms with Gasteiger partial charge in [0, 0.05) is 49.2 Å². The minimum atomic E-state index is -0.293. The number of carbonyl (C=O) groups is 1. The van der Waals surface area contributed by atoms with Crippen LogP contribution in [0.15, 0.2) is 61.8 Å². The molecule has 4 heterocycles. The number of rotatable bonds is 9. The van der Waals surface area contributed by atoms with Crippen LogP contribution >= 0.6 is 0 Å². The van der Waals surface area contributed by atoms with E-state index in [9.17, 15) is 4.79 Å². The van der Waals surface area contributed by atoms with Crippen LogP contribution in [0.4, 0.5) is 23.0 Å². The number of fused-ring (bicyclic) bond motifs is 1. The number of hydrogen-bond acceptors (Lipinski definition) is 9. The van der Waals surface area contributed by atoms with E-state index >= 15 is 0 Å². The van der Waals surface area contributed by atoms with Crippen LogP contribution in [0.3, 0.4) is 0 Å². The molecule has 11 nitrogen and oxygen atoms in total. The van der Waals surface area contributed by atoms with Crippen molar-refractivity contribution in [3.8, 4) is 11.7 Å². The fraction of sp³-hybridized carbons (Fsp3) is 0.269. The number of hydrogen-bond donors (Lipinski definition) is 2. The lowest BCUT2D eigenvalue weighted by Gasteiger charge is -2.45. The predicted octanol–water partition coefficient (Wildman–Crippen LogP) is 3.23. The first kappa shape index (κ1) is 24.2. The van der Waals surface area contributed by atoms with Crippen molar-refractivity contribution in [1.29, 1.82) is 0 Å². The molecule has 1 saturated heterocycles. The first-order valence-electron chi connectivity index (χ1n) is 11.9. The van der Waals surface area contributed by atoms with E-state index in [2.05, 4.69) is 61.0 Å². The number of aromatic nitrogens is 5. The highest BCUT2D eigenvalue weighted by atomic mass is 16.5. The van der Waals surface area contributed by atoms with Crippen LogP contribution in [0.2, 0.25) is 0 Å². The first-order chi connectivity index (χ1) is 18.0. The topological polar surface area (TPSA) is 113 Å². The second kappa shape index (κ2) is 10.2. The van der Waals surface area contributed by atoms with Crippen molar-refractivity contribution in [2.75, 3.05) is 49.8 Å². The molecule has 1 aliphatic rings. The highest BCUT2D eigenvalue weighted by Crippen LogP contribution is 2.41. The number of ether oxygens (including phenoxy) is 1. The van der Waals surface area contributed by atoms with E-state index in [0.29, 0.717) is 35.1 Å². The number of likely N-dealkylation sites (N-methyl/N-ethyl adjacent to an activating group) is 1. The molecule has 1 aromatic carbocycles. The van der Waals surface area contributed by atoms with Crippen molar-refractivity contribution in [2.45, 2.75) is 12.5 Å². The normalized spacial score (nSPS) is 14.9. The molecule has 0 bridgehead atoms. The summed E-state index contributed by atoms with van der Waals surface area (Å²) in [6.45, 7) is 5.40. The van der Waals surface area contributed by atoms with E-state index in [1.165, 1.54) is 12.4 Å². The van der Waals surface area contributed by atoms with E-state index in [4.69, 9.17) is 4.74 Å². The van der Waals surface area contributed by atoms with E-state index in [1.54, 1.807) is 19.5 Å². The van der Waals surface area contributed by atoms with Gasteiger partial charge in [0.15, 0.2) is 0 Å². The van der Waals surface area contributed by atoms with Crippen molar-refractivity contribution in [1.82, 2.24) is 29.4 Å². The minimum absolute atomic E-state index is 0.293. The Hall–Kier alpha value is -4.51. The molecule has 0 aliphatic carbocycles. The van der Waals surface area contributed by atoms with Crippen LogP contribution in [0, 0.1) is 0 Å². The maximum absolute atomic E-state index is 12.3. The molecule has 11 heteroatoms. The van der Waals surface area contributed by atoms with Crippen LogP contribution < -0.4 is 20.3 Å². The summed E-state index contributed by atoms with van der Waals surface area (Å²) in [5.74, 6) is 1.10. The second-order valence-electron chi connectivity index (χ2n) is 9.02. The Morgan fingerprint density at radius 1 is 1.27 bits per heavy atom. The lowest BCUT2D eigenvalue weighted by molar-refractivity contribution is -0.111. The SMILES string of the molecule is C=CC(=O)Nc1cc(Nc2ncnc(-n3ccc4cnccc43)n2)c(OC)cc1N1CCC1CN(C)C. The largest absolute Gasteiger partial charge is 0.494 e. The van der Waals surface area contributed by atoms with Gasteiger partial charge in [0.2, 0.25) is 17.8 Å². The third-order valence-corrected chi connectivity index (χ3v) is 6.30. The van der Waals surface area contributed by atoms with Crippen molar-refractivity contribution in [3.63, 3.8) is 0 Å². The molecule has 1 aliphatic heterocycles. The molecule has 5 rings (SSSR count). The van der Waals surface area contributed by atoms with Gasteiger partial charge in [-0.05, 0) is 44.8 Å². The van der Waals surface area contributed by atoms with Crippen molar-refractivity contribution >= 4 is 39.8 Å². The van der Waals surface area contributed by atoms with Gasteiger partial charge in [-0.15, -0.1) is 0 Å². The molecule has 3 aromatic heterocycles. The number of anilines is 4. The molecule has 37 heavy (non-hydrogen) atoms. The van der Waals surface area contributed by atoms with Crippen LogP contribution in [0.5, 0.6) is 5.75 Å². The number of nitrogens with one attached hydrogen (secondary N) is 2. The average Bonchev–Trinajstić information content (AvgIpc) is 3.32. The van der Waals surface area contributed by atoms with Gasteiger partial charge in [-0.2, -0.15) is 4.98 Å². The summed E-state index contributed by atoms with van der Waals surface area (Å²) < 4.78 is 7.59. The van der Waals surface area contributed by atoms with Crippen molar-refractivity contribution in [2.24, 2.45) is 0 Å². The van der Waals surface area contributed by atoms with E-state index in [0.717, 1.165) is 36.1 Å². The Labute approximate surface area is 214 Å². The van der Waals surface area contributed by atoms with Gasteiger partial charge in [-0.1, -0.05) is 6.58 Å². The van der Waals surface area contributed by atoms with Crippen LogP contribution in [-0.4, -0.2) is 75.6 Å². The molecule has 0 spiro atoms. The van der Waals surface area contributed by atoms with E-state index < -0.39 is 0 Å². The molecule has 0 radical (unpaired) electrons. The molecule has 1 unspecified atom stereocenters. The van der Waals surface area contributed by atoms with Crippen LogP contribution in [-0.2, 0) is 4.79 Å². The fourth-order valence-electron chi connectivity index (χ4n) is 4.47. The molecule has 1 atom stereocenters. The highest BCUT2D eigenvalue weighted by molar-refractivity contribution is 6.02. The average molecular weight is 500 g/mol. The Balaban J connectivity index is 1.49. The van der Waals surface area contributed by atoms with Gasteiger partial charge >= 0.3 is 0 Å². The summed E-state index contributed by atoms with van der Waals surface area (Å²) in [5.41, 5.74) is 3.08. The Bertz CT molecular complexity index is 1450. The molecule has 2 N–H and O–H groups in total. The number of methoxy groups -OCH3 is 1. The summed E-state index contributed by atoms with van der Waals surface area (Å²) in [7, 11) is 5.72. The van der Waals surface area contributed by atoms with Gasteiger partial charge < -0.3 is 25.2 Å². The third kappa shape index (κ3) is 4.94. The fourth-order valence-corrected chi connectivity index (χ4v) is 4.47. The number of benzene rings is 1. The maximum atomic E-state index is 12.3. The molecule has 1 fully saturated rings. The smallest absolute Gasteiger partial charge is 0.247 e. The van der Waals surface area contributed by atoms with Crippen molar-refractivity contribution < 1.29 is 9.53 Å². The van der Waals surface area contributed by atoms with Gasteiger partial charge in [-0.3, -0.25) is 14.3 Å². The van der Waals surface area contributed by atoms with Crippen LogP contribution in [0.1, 0.15) is 6.42 Å². The summed E-state index contributed by atoms with van der Waals surface area (Å²) in [6.07, 6.45) is 9.19. The Kier molecular flexibility index (Phi) is 6.69. The highest BCUT2D eigenvalue weighted by Gasteiger charge is 2.31. The standard InChI is InChI=1S/C26H29N9O2/c1-5-24(36)30-19-12-20(23(37-4)13-22(19)34-11-8-18(34)15-33(2)3)31-25-28-16-29-26(32-25)35-10-7-17-14-27-9-6-21(17)35/h5-7,9-10,12-14,16,18H,1,8,11,15H2,2-4H3,(H,30,36)(H,28,29,31,32). The zero-order chi connectivity index (χ0) is 25.9. The van der Waals surface area contributed by atoms with Gasteiger partial charge in [0.05, 0.1) is 29.7 Å². The lowest BCUT2D eigenvalue weighted by atomic mass is 10.00. The molecule has 1 amide bonds. The summed E-state index contributed by atoms with van der Waals surface area (Å²) in [5, 5.41) is 7.16. The quantitative estimate of drug-likeness (QED) is 0.335. The molecule has 190 valence electrons. The van der Waals surface area contributed by atoms with Gasteiger partial charge in [-0.25, -0.2) is 9.97 Å². The molecular formula is C26H29N9O2. The molecular weight excluding hydrogens is 470 g/mol. The number of carbonyl (C=O) groups excluding carboxylic acids is 1. The maximum Gasteiger partial charge on any atom is 0.247 e. The van der Waals surface area contributed by atoms with Crippen LogP contribution in [0.25, 0.3) is 16.9 Å². The lowest BCUT2D eigenvalue weighted by Crippen LogP contribution is -2.53. The number of nitrogens with zero attached hydrogens (tertiary/aromatic N) is 7. The number of pyridine rings is 1. The van der Waals surface area contributed by atoms with E-state index in [1.807, 2.05) is 35.0 Å².